The number of sulfonamides is 1. The van der Waals surface area contributed by atoms with Gasteiger partial charge >= 0.3 is 0 Å². The molecule has 0 saturated carbocycles. The van der Waals surface area contributed by atoms with Gasteiger partial charge in [0, 0.05) is 35.9 Å². The number of nitrogens with zero attached hydrogens (tertiary/aromatic N) is 5. The average Bonchev–Trinajstić information content (AvgIpc) is 3.43. The van der Waals surface area contributed by atoms with Gasteiger partial charge in [-0.1, -0.05) is 22.9 Å². The molecule has 0 aliphatic carbocycles. The van der Waals surface area contributed by atoms with Gasteiger partial charge in [-0.3, -0.25) is 14.4 Å². The van der Waals surface area contributed by atoms with Gasteiger partial charge in [0.2, 0.25) is 10.0 Å². The molecule has 0 atom stereocenters. The van der Waals surface area contributed by atoms with Crippen LogP contribution in [0.4, 0.5) is 5.13 Å². The van der Waals surface area contributed by atoms with Crippen molar-refractivity contribution in [2.75, 3.05) is 18.5 Å². The molecule has 37 heavy (non-hydrogen) atoms. The largest absolute Gasteiger partial charge is 0.282 e. The molecule has 0 aliphatic heterocycles. The molecule has 11 heteroatoms. The van der Waals surface area contributed by atoms with Gasteiger partial charge in [0.05, 0.1) is 27.4 Å². The van der Waals surface area contributed by atoms with Gasteiger partial charge in [-0.2, -0.15) is 9.40 Å². The normalized spacial score (nSPS) is 12.1. The first-order valence-electron chi connectivity index (χ1n) is 11.9. The molecule has 2 heterocycles. The Bertz CT molecular complexity index is 1560. The molecule has 4 aromatic rings. The van der Waals surface area contributed by atoms with Crippen LogP contribution in [-0.4, -0.2) is 53.0 Å². The smallest absolute Gasteiger partial charge is 0.260 e. The van der Waals surface area contributed by atoms with E-state index in [4.69, 9.17) is 16.6 Å². The Labute approximate surface area is 226 Å². The summed E-state index contributed by atoms with van der Waals surface area (Å²) in [5.41, 5.74) is 3.89. The van der Waals surface area contributed by atoms with Crippen molar-refractivity contribution in [2.45, 2.75) is 52.1 Å². The lowest BCUT2D eigenvalue weighted by Crippen LogP contribution is -2.34. The quantitative estimate of drug-likeness (QED) is 0.286. The van der Waals surface area contributed by atoms with E-state index in [1.807, 2.05) is 57.5 Å². The number of rotatable bonds is 8. The molecule has 0 bridgehead atoms. The van der Waals surface area contributed by atoms with Gasteiger partial charge in [0.25, 0.3) is 5.91 Å². The first kappa shape index (κ1) is 27.3. The predicted molar refractivity (Wildman–Crippen MR) is 149 cm³/mol. The summed E-state index contributed by atoms with van der Waals surface area (Å²) in [7, 11) is -2.11. The van der Waals surface area contributed by atoms with Crippen LogP contribution in [0.1, 0.15) is 41.2 Å². The number of aromatic nitrogens is 3. The van der Waals surface area contributed by atoms with E-state index in [-0.39, 0.29) is 16.8 Å². The molecule has 0 N–H and O–H groups in total. The number of carbonyl (C=O) groups excluding carboxylic acids is 1. The first-order valence-corrected chi connectivity index (χ1v) is 14.5. The second kappa shape index (κ2) is 10.5. The van der Waals surface area contributed by atoms with Crippen LogP contribution in [0.25, 0.3) is 10.2 Å². The number of fused-ring (bicyclic) bond motifs is 1. The standard InChI is InChI=1S/C26H30ClN5O3S2/c1-16(2)30(6)37(34,35)21-9-7-20(8-10-21)25(33)31(13-14-32-18(4)15-17(3)29-32)26-28-24-19(5)22(27)11-12-23(24)36-26/h7-12,15-16H,13-14H2,1-6H3. The van der Waals surface area contributed by atoms with Gasteiger partial charge in [-0.15, -0.1) is 0 Å². The fourth-order valence-corrected chi connectivity index (χ4v) is 6.52. The summed E-state index contributed by atoms with van der Waals surface area (Å²) in [5.74, 6) is -0.273. The van der Waals surface area contributed by atoms with Gasteiger partial charge in [-0.05, 0) is 82.6 Å². The highest BCUT2D eigenvalue weighted by Crippen LogP contribution is 2.34. The zero-order valence-electron chi connectivity index (χ0n) is 21.7. The minimum Gasteiger partial charge on any atom is -0.282 e. The molecule has 0 aliphatic rings. The molecular formula is C26H30ClN5O3S2. The van der Waals surface area contributed by atoms with Crippen molar-refractivity contribution in [3.8, 4) is 0 Å². The number of amides is 1. The van der Waals surface area contributed by atoms with Crippen molar-refractivity contribution >= 4 is 54.2 Å². The molecule has 0 radical (unpaired) electrons. The highest BCUT2D eigenvalue weighted by molar-refractivity contribution is 7.89. The van der Waals surface area contributed by atoms with Gasteiger partial charge in [0.15, 0.2) is 5.13 Å². The van der Waals surface area contributed by atoms with E-state index in [2.05, 4.69) is 5.10 Å². The summed E-state index contributed by atoms with van der Waals surface area (Å²) in [6, 6.07) is 11.6. The summed E-state index contributed by atoms with van der Waals surface area (Å²) < 4.78 is 29.8. The number of hydrogen-bond donors (Lipinski definition) is 0. The third-order valence-corrected chi connectivity index (χ3v) is 9.86. The summed E-state index contributed by atoms with van der Waals surface area (Å²) >= 11 is 7.72. The molecule has 0 spiro atoms. The highest BCUT2D eigenvalue weighted by atomic mass is 35.5. The third-order valence-electron chi connectivity index (χ3n) is 6.36. The van der Waals surface area contributed by atoms with Crippen LogP contribution in [0.5, 0.6) is 0 Å². The SMILES string of the molecule is Cc1cc(C)n(CCN(C(=O)c2ccc(S(=O)(=O)N(C)C(C)C)cc2)c2nc3c(C)c(Cl)ccc3s2)n1. The number of halogens is 1. The number of thiazole rings is 1. The second-order valence-corrected chi connectivity index (χ2v) is 12.7. The summed E-state index contributed by atoms with van der Waals surface area (Å²) in [4.78, 5) is 20.3. The molecule has 2 aromatic carbocycles. The number of hydrogen-bond acceptors (Lipinski definition) is 6. The molecular weight excluding hydrogens is 530 g/mol. The van der Waals surface area contributed by atoms with E-state index in [0.29, 0.717) is 28.8 Å². The lowest BCUT2D eigenvalue weighted by Gasteiger charge is -2.22. The highest BCUT2D eigenvalue weighted by Gasteiger charge is 2.26. The maximum absolute atomic E-state index is 13.8. The third kappa shape index (κ3) is 5.43. The van der Waals surface area contributed by atoms with Crippen LogP contribution in [0, 0.1) is 20.8 Å². The van der Waals surface area contributed by atoms with Crippen LogP contribution in [0.3, 0.4) is 0 Å². The molecule has 8 nitrogen and oxygen atoms in total. The minimum atomic E-state index is -3.65. The van der Waals surface area contributed by atoms with Crippen molar-refractivity contribution < 1.29 is 13.2 Å². The van der Waals surface area contributed by atoms with E-state index in [9.17, 15) is 13.2 Å². The van der Waals surface area contributed by atoms with Crippen LogP contribution in [0.2, 0.25) is 5.02 Å². The van der Waals surface area contributed by atoms with E-state index in [0.717, 1.165) is 27.2 Å². The van der Waals surface area contributed by atoms with Crippen LogP contribution in [0.15, 0.2) is 47.4 Å². The topological polar surface area (TPSA) is 88.4 Å². The Balaban J connectivity index is 1.70. The van der Waals surface area contributed by atoms with Gasteiger partial charge in [-0.25, -0.2) is 13.4 Å². The maximum atomic E-state index is 13.8. The minimum absolute atomic E-state index is 0.139. The first-order chi connectivity index (χ1) is 17.4. The second-order valence-electron chi connectivity index (χ2n) is 9.26. The Morgan fingerprint density at radius 2 is 1.78 bits per heavy atom. The van der Waals surface area contributed by atoms with Crippen LogP contribution >= 0.6 is 22.9 Å². The molecule has 0 unspecified atom stereocenters. The zero-order chi connectivity index (χ0) is 27.1. The van der Waals surface area contributed by atoms with E-state index < -0.39 is 10.0 Å². The van der Waals surface area contributed by atoms with Gasteiger partial charge in [0.1, 0.15) is 0 Å². The Kier molecular flexibility index (Phi) is 7.75. The van der Waals surface area contributed by atoms with Crippen molar-refractivity contribution in [3.05, 3.63) is 70.0 Å². The zero-order valence-corrected chi connectivity index (χ0v) is 24.1. The molecule has 196 valence electrons. The lowest BCUT2D eigenvalue weighted by atomic mass is 10.2. The summed E-state index contributed by atoms with van der Waals surface area (Å²) in [6.45, 7) is 10.2. The van der Waals surface area contributed by atoms with E-state index in [1.54, 1.807) is 24.1 Å². The Morgan fingerprint density at radius 3 is 2.38 bits per heavy atom. The Morgan fingerprint density at radius 1 is 1.11 bits per heavy atom. The van der Waals surface area contributed by atoms with E-state index in [1.165, 1.54) is 27.8 Å². The monoisotopic (exact) mass is 559 g/mol. The Hall–Kier alpha value is -2.79. The van der Waals surface area contributed by atoms with Crippen LogP contribution in [-0.2, 0) is 16.6 Å². The molecule has 4 rings (SSSR count). The summed E-state index contributed by atoms with van der Waals surface area (Å²) in [5, 5.41) is 5.68. The molecule has 0 fully saturated rings. The van der Waals surface area contributed by atoms with E-state index >= 15 is 0 Å². The number of benzene rings is 2. The van der Waals surface area contributed by atoms with Crippen molar-refractivity contribution in [1.29, 1.82) is 0 Å². The van der Waals surface area contributed by atoms with Crippen molar-refractivity contribution in [3.63, 3.8) is 0 Å². The summed E-state index contributed by atoms with van der Waals surface area (Å²) in [6.07, 6.45) is 0. The molecule has 0 saturated heterocycles. The molecule has 1 amide bonds. The number of carbonyl (C=O) groups is 1. The predicted octanol–water partition coefficient (Wildman–Crippen LogP) is 5.45. The van der Waals surface area contributed by atoms with Crippen molar-refractivity contribution in [2.24, 2.45) is 0 Å². The lowest BCUT2D eigenvalue weighted by molar-refractivity contribution is 0.0985. The number of aryl methyl sites for hydroxylation is 3. The van der Waals surface area contributed by atoms with Crippen LogP contribution < -0.4 is 4.90 Å². The fourth-order valence-electron chi connectivity index (χ4n) is 3.95. The number of anilines is 1. The van der Waals surface area contributed by atoms with Gasteiger partial charge < -0.3 is 0 Å². The maximum Gasteiger partial charge on any atom is 0.260 e. The van der Waals surface area contributed by atoms with Crippen molar-refractivity contribution in [1.82, 2.24) is 19.1 Å². The average molecular weight is 560 g/mol. The fraction of sp³-hybridized carbons (Fsp3) is 0.346. The molecule has 2 aromatic heterocycles.